The number of aromatic nitrogens is 3. The van der Waals surface area contributed by atoms with Gasteiger partial charge in [0.15, 0.2) is 5.69 Å². The number of amides is 1. The number of rotatable bonds is 3. The van der Waals surface area contributed by atoms with Gasteiger partial charge in [-0.3, -0.25) is 9.59 Å². The summed E-state index contributed by atoms with van der Waals surface area (Å²) in [5.74, 6) is -0.948. The van der Waals surface area contributed by atoms with Crippen LogP contribution < -0.4 is 0 Å². The Labute approximate surface area is 157 Å². The van der Waals surface area contributed by atoms with Crippen LogP contribution in [0.3, 0.4) is 0 Å². The molecule has 142 valence electrons. The van der Waals surface area contributed by atoms with E-state index in [0.717, 1.165) is 18.7 Å². The molecule has 0 bridgehead atoms. The molecule has 4 rings (SSSR count). The van der Waals surface area contributed by atoms with Crippen molar-refractivity contribution in [3.8, 4) is 5.69 Å². The molecule has 2 atom stereocenters. The molecule has 0 saturated carbocycles. The zero-order valence-electron chi connectivity index (χ0n) is 15.3. The third kappa shape index (κ3) is 2.99. The van der Waals surface area contributed by atoms with E-state index in [0.29, 0.717) is 25.9 Å². The average Bonchev–Trinajstić information content (AvgIpc) is 3.18. The second-order valence-electron chi connectivity index (χ2n) is 7.45. The van der Waals surface area contributed by atoms with Gasteiger partial charge in [-0.15, -0.1) is 5.10 Å². The van der Waals surface area contributed by atoms with Crippen LogP contribution in [0, 0.1) is 5.41 Å². The number of fused-ring (bicyclic) bond motifs is 1. The monoisotopic (exact) mass is 369 g/mol. The third-order valence-corrected chi connectivity index (χ3v) is 5.97. The van der Waals surface area contributed by atoms with Crippen LogP contribution in [0.25, 0.3) is 5.69 Å². The van der Waals surface area contributed by atoms with Gasteiger partial charge in [0.25, 0.3) is 5.91 Å². The first-order valence-electron chi connectivity index (χ1n) is 9.22. The van der Waals surface area contributed by atoms with Crippen molar-refractivity contribution < 1.29 is 14.7 Å². The lowest BCUT2D eigenvalue weighted by molar-refractivity contribution is -0.161. The molecule has 2 aromatic rings. The van der Waals surface area contributed by atoms with E-state index in [4.69, 9.17) is 0 Å². The number of likely N-dealkylation sites (N-methyl/N-ethyl adjacent to an activating group) is 1. The summed E-state index contributed by atoms with van der Waals surface area (Å²) in [5, 5.41) is 17.9. The summed E-state index contributed by atoms with van der Waals surface area (Å²) in [7, 11) is 1.95. The number of hydrogen-bond acceptors (Lipinski definition) is 5. The largest absolute Gasteiger partial charge is 0.481 e. The topological polar surface area (TPSA) is 91.6 Å². The number of carbonyl (C=O) groups is 2. The molecular formula is C19H23N5O3. The molecular weight excluding hydrogens is 346 g/mol. The Kier molecular flexibility index (Phi) is 4.43. The average molecular weight is 369 g/mol. The minimum Gasteiger partial charge on any atom is -0.481 e. The van der Waals surface area contributed by atoms with E-state index in [-0.39, 0.29) is 17.6 Å². The van der Waals surface area contributed by atoms with Gasteiger partial charge in [-0.05, 0) is 45.0 Å². The molecule has 8 nitrogen and oxygen atoms in total. The Morgan fingerprint density at radius 1 is 1.19 bits per heavy atom. The van der Waals surface area contributed by atoms with Crippen LogP contribution in [-0.2, 0) is 4.79 Å². The van der Waals surface area contributed by atoms with Gasteiger partial charge in [0.1, 0.15) is 0 Å². The highest BCUT2D eigenvalue weighted by atomic mass is 16.4. The van der Waals surface area contributed by atoms with Crippen molar-refractivity contribution >= 4 is 11.9 Å². The van der Waals surface area contributed by atoms with Crippen molar-refractivity contribution in [2.24, 2.45) is 5.41 Å². The lowest BCUT2D eigenvalue weighted by Gasteiger charge is -2.51. The number of carboxylic acid groups (broad SMARTS) is 1. The second kappa shape index (κ2) is 6.77. The molecule has 27 heavy (non-hydrogen) atoms. The molecule has 0 aliphatic carbocycles. The molecule has 2 fully saturated rings. The summed E-state index contributed by atoms with van der Waals surface area (Å²) >= 11 is 0. The van der Waals surface area contributed by atoms with Crippen LogP contribution in [0.15, 0.2) is 36.5 Å². The van der Waals surface area contributed by atoms with Crippen LogP contribution in [0.4, 0.5) is 0 Å². The van der Waals surface area contributed by atoms with E-state index in [1.165, 1.54) is 0 Å². The number of carbonyl (C=O) groups excluding carboxylic acids is 1. The highest BCUT2D eigenvalue weighted by molar-refractivity contribution is 5.92. The lowest BCUT2D eigenvalue weighted by Crippen LogP contribution is -2.63. The van der Waals surface area contributed by atoms with Gasteiger partial charge in [0, 0.05) is 19.1 Å². The maximum absolute atomic E-state index is 12.9. The van der Waals surface area contributed by atoms with Crippen LogP contribution >= 0.6 is 0 Å². The summed E-state index contributed by atoms with van der Waals surface area (Å²) < 4.78 is 1.57. The lowest BCUT2D eigenvalue weighted by atomic mass is 9.68. The van der Waals surface area contributed by atoms with Gasteiger partial charge < -0.3 is 14.9 Å². The standard InChI is InChI=1S/C19H23N5O3/c1-22-10-5-8-19(18(26)27)9-11-23(13-16(19)22)17(25)15-12-24(21-20-15)14-6-3-2-4-7-14/h2-4,6-7,12,16H,5,8-11,13H2,1H3,(H,26,27)/t16-,19+/m1/s1. The molecule has 0 spiro atoms. The number of hydrogen-bond donors (Lipinski definition) is 1. The Balaban J connectivity index is 1.54. The van der Waals surface area contributed by atoms with Crippen LogP contribution in [0.2, 0.25) is 0 Å². The molecule has 2 aliphatic heterocycles. The number of likely N-dealkylation sites (tertiary alicyclic amines) is 2. The number of nitrogens with zero attached hydrogens (tertiary/aromatic N) is 5. The number of aliphatic carboxylic acids is 1. The first-order chi connectivity index (χ1) is 13.0. The SMILES string of the molecule is CN1CCC[C@]2(C(=O)O)CCN(C(=O)c3cn(-c4ccccc4)nn3)C[C@@H]12. The minimum absolute atomic E-state index is 0.175. The van der Waals surface area contributed by atoms with Gasteiger partial charge in [0.05, 0.1) is 17.3 Å². The molecule has 8 heteroatoms. The molecule has 3 heterocycles. The van der Waals surface area contributed by atoms with Crippen LogP contribution in [-0.4, -0.2) is 74.5 Å². The van der Waals surface area contributed by atoms with Crippen molar-refractivity contribution in [2.75, 3.05) is 26.7 Å². The summed E-state index contributed by atoms with van der Waals surface area (Å²) in [4.78, 5) is 28.7. The Hall–Kier alpha value is -2.74. The molecule has 1 N–H and O–H groups in total. The van der Waals surface area contributed by atoms with E-state index in [2.05, 4.69) is 15.2 Å². The number of para-hydroxylation sites is 1. The van der Waals surface area contributed by atoms with Gasteiger partial charge >= 0.3 is 5.97 Å². The normalized spacial score (nSPS) is 25.8. The van der Waals surface area contributed by atoms with Gasteiger partial charge in [-0.1, -0.05) is 23.4 Å². The zero-order chi connectivity index (χ0) is 19.0. The van der Waals surface area contributed by atoms with Gasteiger partial charge in [0.2, 0.25) is 0 Å². The molecule has 1 aromatic heterocycles. The van der Waals surface area contributed by atoms with Crippen molar-refractivity contribution in [2.45, 2.75) is 25.3 Å². The number of benzene rings is 1. The first kappa shape index (κ1) is 17.7. The van der Waals surface area contributed by atoms with E-state index in [1.807, 2.05) is 37.4 Å². The Morgan fingerprint density at radius 3 is 2.70 bits per heavy atom. The fourth-order valence-electron chi connectivity index (χ4n) is 4.40. The fraction of sp³-hybridized carbons (Fsp3) is 0.474. The number of piperidine rings is 2. The van der Waals surface area contributed by atoms with Crippen molar-refractivity contribution in [3.05, 3.63) is 42.2 Å². The number of carboxylic acids is 1. The molecule has 1 amide bonds. The maximum Gasteiger partial charge on any atom is 0.311 e. The quantitative estimate of drug-likeness (QED) is 0.876. The highest BCUT2D eigenvalue weighted by Gasteiger charge is 2.53. The van der Waals surface area contributed by atoms with Crippen LogP contribution in [0.1, 0.15) is 29.8 Å². The highest BCUT2D eigenvalue weighted by Crippen LogP contribution is 2.42. The molecule has 0 radical (unpaired) electrons. The van der Waals surface area contributed by atoms with Crippen molar-refractivity contribution in [1.82, 2.24) is 24.8 Å². The second-order valence-corrected chi connectivity index (χ2v) is 7.45. The zero-order valence-corrected chi connectivity index (χ0v) is 15.3. The van der Waals surface area contributed by atoms with Gasteiger partial charge in [-0.25, -0.2) is 4.68 Å². The minimum atomic E-state index is -0.759. The smallest absolute Gasteiger partial charge is 0.311 e. The molecule has 2 saturated heterocycles. The van der Waals surface area contributed by atoms with E-state index >= 15 is 0 Å². The molecule has 1 aromatic carbocycles. The van der Waals surface area contributed by atoms with Crippen molar-refractivity contribution in [3.63, 3.8) is 0 Å². The van der Waals surface area contributed by atoms with E-state index < -0.39 is 11.4 Å². The molecule has 0 unspecified atom stereocenters. The summed E-state index contributed by atoms with van der Waals surface area (Å²) in [5.41, 5.74) is 0.352. The third-order valence-electron chi connectivity index (χ3n) is 5.97. The first-order valence-corrected chi connectivity index (χ1v) is 9.22. The fourth-order valence-corrected chi connectivity index (χ4v) is 4.40. The maximum atomic E-state index is 12.9. The Morgan fingerprint density at radius 2 is 1.96 bits per heavy atom. The molecule has 2 aliphatic rings. The predicted molar refractivity (Wildman–Crippen MR) is 97.6 cm³/mol. The summed E-state index contributed by atoms with van der Waals surface area (Å²) in [6.45, 7) is 1.68. The van der Waals surface area contributed by atoms with E-state index in [9.17, 15) is 14.7 Å². The van der Waals surface area contributed by atoms with Crippen LogP contribution in [0.5, 0.6) is 0 Å². The Bertz CT molecular complexity index is 852. The van der Waals surface area contributed by atoms with Crippen molar-refractivity contribution in [1.29, 1.82) is 0 Å². The predicted octanol–water partition coefficient (Wildman–Crippen LogP) is 1.28. The van der Waals surface area contributed by atoms with Gasteiger partial charge in [-0.2, -0.15) is 0 Å². The van der Waals surface area contributed by atoms with E-state index in [1.54, 1.807) is 15.8 Å². The summed E-state index contributed by atoms with van der Waals surface area (Å²) in [6.07, 6.45) is 3.64. The summed E-state index contributed by atoms with van der Waals surface area (Å²) in [6, 6.07) is 9.31.